The summed E-state index contributed by atoms with van der Waals surface area (Å²) in [6.45, 7) is 8.52. The lowest BCUT2D eigenvalue weighted by Crippen LogP contribution is -2.39. The second-order valence-electron chi connectivity index (χ2n) is 10.2. The second-order valence-corrected chi connectivity index (χ2v) is 11.1. The lowest BCUT2D eigenvalue weighted by atomic mass is 9.99. The van der Waals surface area contributed by atoms with E-state index in [-0.39, 0.29) is 5.91 Å². The van der Waals surface area contributed by atoms with Gasteiger partial charge in [0, 0.05) is 45.1 Å². The normalized spacial score (nSPS) is 13.3. The number of nitrogens with one attached hydrogen (secondary N) is 4. The van der Waals surface area contributed by atoms with E-state index >= 15 is 0 Å². The Balaban J connectivity index is 1.40. The lowest BCUT2D eigenvalue weighted by Gasteiger charge is -2.29. The van der Waals surface area contributed by atoms with E-state index in [1.165, 1.54) is 11.1 Å². The Morgan fingerprint density at radius 3 is 2.67 bits per heavy atom. The molecule has 2 amide bonds. The van der Waals surface area contributed by atoms with E-state index in [9.17, 15) is 9.59 Å². The van der Waals surface area contributed by atoms with E-state index in [1.807, 2.05) is 45.0 Å². The fraction of sp³-hybridized carbons (Fsp3) is 0.357. The number of amides is 2. The van der Waals surface area contributed by atoms with Gasteiger partial charge in [-0.05, 0) is 78.5 Å². The van der Waals surface area contributed by atoms with Crippen molar-refractivity contribution >= 4 is 51.1 Å². The summed E-state index contributed by atoms with van der Waals surface area (Å²) in [5, 5.41) is 12.0. The molecule has 2 heterocycles. The van der Waals surface area contributed by atoms with Crippen molar-refractivity contribution in [2.75, 3.05) is 37.3 Å². The van der Waals surface area contributed by atoms with Crippen molar-refractivity contribution in [3.8, 4) is 0 Å². The van der Waals surface area contributed by atoms with Crippen LogP contribution in [-0.2, 0) is 17.7 Å². The number of anilines is 4. The van der Waals surface area contributed by atoms with Gasteiger partial charge in [-0.2, -0.15) is 4.98 Å². The third kappa shape index (κ3) is 7.90. The van der Waals surface area contributed by atoms with Gasteiger partial charge < -0.3 is 26.0 Å². The molecule has 39 heavy (non-hydrogen) atoms. The van der Waals surface area contributed by atoms with Crippen LogP contribution >= 0.6 is 15.9 Å². The number of fused-ring (bicyclic) bond motifs is 1. The van der Waals surface area contributed by atoms with Gasteiger partial charge in [-0.1, -0.05) is 18.2 Å². The summed E-state index contributed by atoms with van der Waals surface area (Å²) in [4.78, 5) is 35.5. The molecule has 0 bridgehead atoms. The number of hydrogen-bond acceptors (Lipinski definition) is 8. The summed E-state index contributed by atoms with van der Waals surface area (Å²) < 4.78 is 5.98. The van der Waals surface area contributed by atoms with Crippen LogP contribution in [0.2, 0.25) is 0 Å². The first kappa shape index (κ1) is 28.3. The number of para-hydroxylation sites is 1. The van der Waals surface area contributed by atoms with Crippen LogP contribution in [0.15, 0.2) is 53.1 Å². The molecule has 0 unspecified atom stereocenters. The number of carbonyl (C=O) groups is 2. The van der Waals surface area contributed by atoms with Crippen molar-refractivity contribution in [3.63, 3.8) is 0 Å². The molecule has 1 aromatic heterocycles. The predicted molar refractivity (Wildman–Crippen MR) is 156 cm³/mol. The predicted octanol–water partition coefficient (Wildman–Crippen LogP) is 4.97. The average molecular weight is 597 g/mol. The van der Waals surface area contributed by atoms with Gasteiger partial charge in [0.05, 0.1) is 15.7 Å². The van der Waals surface area contributed by atoms with Crippen LogP contribution in [-0.4, -0.2) is 59.2 Å². The molecule has 0 aliphatic carbocycles. The summed E-state index contributed by atoms with van der Waals surface area (Å²) in [5.74, 6) is 0.767. The van der Waals surface area contributed by atoms with E-state index in [1.54, 1.807) is 19.3 Å². The molecular formula is C28H34BrN7O3. The van der Waals surface area contributed by atoms with Crippen LogP contribution in [0.5, 0.6) is 0 Å². The van der Waals surface area contributed by atoms with Gasteiger partial charge in [0.15, 0.2) is 0 Å². The lowest BCUT2D eigenvalue weighted by molar-refractivity contribution is 0.0521. The highest BCUT2D eigenvalue weighted by molar-refractivity contribution is 9.10. The van der Waals surface area contributed by atoms with Crippen LogP contribution in [0.25, 0.3) is 0 Å². The standard InChI is InChI=1S/C28H34BrN7O3/c1-28(2,3)39-27(38)31-12-14-36-13-11-18-9-10-20(15-19(18)17-36)33-26-32-16-22(29)24(35-26)34-23-8-6-5-7-21(23)25(37)30-4/h5-10,15-16H,11-14,17H2,1-4H3,(H,30,37)(H,31,38)(H2,32,33,34,35). The summed E-state index contributed by atoms with van der Waals surface area (Å²) in [6.07, 6.45) is 2.21. The van der Waals surface area contributed by atoms with Gasteiger partial charge in [-0.3, -0.25) is 9.69 Å². The Kier molecular flexibility index (Phi) is 9.03. The number of ether oxygens (including phenoxy) is 1. The van der Waals surface area contributed by atoms with E-state index in [0.717, 1.165) is 31.7 Å². The minimum atomic E-state index is -0.511. The van der Waals surface area contributed by atoms with Crippen molar-refractivity contribution in [1.29, 1.82) is 0 Å². The zero-order valence-electron chi connectivity index (χ0n) is 22.6. The maximum absolute atomic E-state index is 12.3. The molecule has 0 spiro atoms. The molecular weight excluding hydrogens is 562 g/mol. The van der Waals surface area contributed by atoms with E-state index in [0.29, 0.717) is 34.0 Å². The number of alkyl carbamates (subject to hydrolysis) is 1. The number of rotatable bonds is 8. The largest absolute Gasteiger partial charge is 0.444 e. The first-order chi connectivity index (χ1) is 18.6. The third-order valence-corrected chi connectivity index (χ3v) is 6.63. The monoisotopic (exact) mass is 595 g/mol. The van der Waals surface area contributed by atoms with Crippen molar-refractivity contribution < 1.29 is 14.3 Å². The zero-order chi connectivity index (χ0) is 28.0. The minimum Gasteiger partial charge on any atom is -0.444 e. The Hall–Kier alpha value is -3.70. The summed E-state index contributed by atoms with van der Waals surface area (Å²) in [5.41, 5.74) is 4.04. The second kappa shape index (κ2) is 12.4. The quantitative estimate of drug-likeness (QED) is 0.288. The highest BCUT2D eigenvalue weighted by Gasteiger charge is 2.19. The molecule has 4 rings (SSSR count). The maximum Gasteiger partial charge on any atom is 0.407 e. The highest BCUT2D eigenvalue weighted by Crippen LogP contribution is 2.28. The number of nitrogens with zero attached hydrogens (tertiary/aromatic N) is 3. The average Bonchev–Trinajstić information content (AvgIpc) is 2.89. The summed E-state index contributed by atoms with van der Waals surface area (Å²) in [6, 6.07) is 13.5. The van der Waals surface area contributed by atoms with Gasteiger partial charge in [0.2, 0.25) is 5.95 Å². The highest BCUT2D eigenvalue weighted by atomic mass is 79.9. The molecule has 206 valence electrons. The molecule has 2 aromatic carbocycles. The topological polar surface area (TPSA) is 121 Å². The van der Waals surface area contributed by atoms with Gasteiger partial charge in [-0.15, -0.1) is 0 Å². The van der Waals surface area contributed by atoms with Crippen LogP contribution in [0.4, 0.5) is 27.9 Å². The van der Waals surface area contributed by atoms with E-state index < -0.39 is 11.7 Å². The van der Waals surface area contributed by atoms with Gasteiger partial charge in [-0.25, -0.2) is 9.78 Å². The van der Waals surface area contributed by atoms with Gasteiger partial charge >= 0.3 is 6.09 Å². The molecule has 0 fully saturated rings. The first-order valence-electron chi connectivity index (χ1n) is 12.8. The fourth-order valence-corrected chi connectivity index (χ4v) is 4.50. The van der Waals surface area contributed by atoms with Gasteiger partial charge in [0.1, 0.15) is 11.4 Å². The molecule has 0 atom stereocenters. The molecule has 3 aromatic rings. The molecule has 0 radical (unpaired) electrons. The fourth-order valence-electron chi connectivity index (χ4n) is 4.21. The molecule has 0 saturated heterocycles. The summed E-state index contributed by atoms with van der Waals surface area (Å²) >= 11 is 3.50. The molecule has 0 saturated carbocycles. The maximum atomic E-state index is 12.3. The Labute approximate surface area is 237 Å². The van der Waals surface area contributed by atoms with Crippen molar-refractivity contribution in [1.82, 2.24) is 25.5 Å². The molecule has 1 aliphatic rings. The van der Waals surface area contributed by atoms with Crippen LogP contribution in [0.1, 0.15) is 42.3 Å². The number of benzene rings is 2. The van der Waals surface area contributed by atoms with Crippen LogP contribution in [0.3, 0.4) is 0 Å². The van der Waals surface area contributed by atoms with Crippen molar-refractivity contribution in [2.24, 2.45) is 0 Å². The van der Waals surface area contributed by atoms with Crippen LogP contribution < -0.4 is 21.3 Å². The molecule has 1 aliphatic heterocycles. The minimum absolute atomic E-state index is 0.189. The Bertz CT molecular complexity index is 1340. The molecule has 11 heteroatoms. The smallest absolute Gasteiger partial charge is 0.407 e. The van der Waals surface area contributed by atoms with E-state index in [4.69, 9.17) is 4.74 Å². The number of carbonyl (C=O) groups excluding carboxylic acids is 2. The zero-order valence-corrected chi connectivity index (χ0v) is 24.2. The number of hydrogen-bond donors (Lipinski definition) is 4. The van der Waals surface area contributed by atoms with Gasteiger partial charge in [0.25, 0.3) is 5.91 Å². The first-order valence-corrected chi connectivity index (χ1v) is 13.6. The Morgan fingerprint density at radius 2 is 1.90 bits per heavy atom. The number of halogens is 1. The summed E-state index contributed by atoms with van der Waals surface area (Å²) in [7, 11) is 1.60. The van der Waals surface area contributed by atoms with Crippen molar-refractivity contribution in [2.45, 2.75) is 39.3 Å². The Morgan fingerprint density at radius 1 is 1.10 bits per heavy atom. The number of aromatic nitrogens is 2. The SMILES string of the molecule is CNC(=O)c1ccccc1Nc1nc(Nc2ccc3c(c2)CN(CCNC(=O)OC(C)(C)C)CC3)ncc1Br. The third-order valence-electron chi connectivity index (χ3n) is 6.05. The van der Waals surface area contributed by atoms with E-state index in [2.05, 4.69) is 64.2 Å². The molecule has 4 N–H and O–H groups in total. The molecule has 10 nitrogen and oxygen atoms in total. The van der Waals surface area contributed by atoms with Crippen molar-refractivity contribution in [3.05, 3.63) is 69.8 Å². The van der Waals surface area contributed by atoms with Crippen LogP contribution in [0, 0.1) is 0 Å².